The Balaban J connectivity index is 1.58. The van der Waals surface area contributed by atoms with Crippen molar-refractivity contribution in [3.8, 4) is 11.1 Å². The summed E-state index contributed by atoms with van der Waals surface area (Å²) < 4.78 is 20.1. The summed E-state index contributed by atoms with van der Waals surface area (Å²) in [7, 11) is 0. The Morgan fingerprint density at radius 1 is 1.19 bits per heavy atom. The average molecular weight is 365 g/mol. The van der Waals surface area contributed by atoms with Gasteiger partial charge >= 0.3 is 0 Å². The third-order valence-corrected chi connectivity index (χ3v) is 4.70. The van der Waals surface area contributed by atoms with Crippen LogP contribution in [-0.2, 0) is 0 Å². The summed E-state index contributed by atoms with van der Waals surface area (Å²) in [5, 5.41) is 7.17. The lowest BCUT2D eigenvalue weighted by Gasteiger charge is -2.24. The molecule has 0 saturated carbocycles. The quantitative estimate of drug-likeness (QED) is 0.742. The second-order valence-corrected chi connectivity index (χ2v) is 6.43. The molecular weight excluding hydrogens is 345 g/mol. The fourth-order valence-corrected chi connectivity index (χ4v) is 3.09. The second-order valence-electron chi connectivity index (χ2n) is 6.43. The Kier molecular flexibility index (Phi) is 4.60. The third-order valence-electron chi connectivity index (χ3n) is 4.70. The SMILES string of the molecule is CC(c1ccc(-c2ccccc2)c(F)c1)c1cc(N2CNCN=C2N)no1. The summed E-state index contributed by atoms with van der Waals surface area (Å²) in [6, 6.07) is 16.6. The van der Waals surface area contributed by atoms with Crippen molar-refractivity contribution in [1.29, 1.82) is 0 Å². The Hall–Kier alpha value is -3.19. The minimum absolute atomic E-state index is 0.151. The predicted molar refractivity (Wildman–Crippen MR) is 103 cm³/mol. The Morgan fingerprint density at radius 2 is 2.00 bits per heavy atom. The molecular formula is C20H20FN5O. The zero-order chi connectivity index (χ0) is 18.8. The number of aliphatic imine (C=N–C) groups is 1. The van der Waals surface area contributed by atoms with E-state index in [9.17, 15) is 4.39 Å². The lowest BCUT2D eigenvalue weighted by atomic mass is 9.95. The van der Waals surface area contributed by atoms with Crippen molar-refractivity contribution in [2.75, 3.05) is 18.2 Å². The van der Waals surface area contributed by atoms with Gasteiger partial charge in [-0.05, 0) is 17.2 Å². The molecule has 0 fully saturated rings. The number of nitrogens with two attached hydrogens (primary N) is 1. The molecule has 4 rings (SSSR count). The fourth-order valence-electron chi connectivity index (χ4n) is 3.09. The molecule has 2 aromatic carbocycles. The van der Waals surface area contributed by atoms with Gasteiger partial charge in [0.25, 0.3) is 0 Å². The van der Waals surface area contributed by atoms with Crippen molar-refractivity contribution in [1.82, 2.24) is 10.5 Å². The summed E-state index contributed by atoms with van der Waals surface area (Å²) >= 11 is 0. The van der Waals surface area contributed by atoms with Crippen LogP contribution in [0.4, 0.5) is 10.2 Å². The van der Waals surface area contributed by atoms with Gasteiger partial charge in [-0.15, -0.1) is 0 Å². The maximum Gasteiger partial charge on any atom is 0.199 e. The lowest BCUT2D eigenvalue weighted by Crippen LogP contribution is -2.48. The van der Waals surface area contributed by atoms with Gasteiger partial charge in [0.15, 0.2) is 11.8 Å². The molecule has 0 bridgehead atoms. The molecule has 1 aliphatic heterocycles. The van der Waals surface area contributed by atoms with Crippen LogP contribution in [0.2, 0.25) is 0 Å². The molecule has 0 radical (unpaired) electrons. The number of halogens is 1. The van der Waals surface area contributed by atoms with E-state index in [1.165, 1.54) is 0 Å². The van der Waals surface area contributed by atoms with E-state index in [2.05, 4.69) is 15.5 Å². The zero-order valence-electron chi connectivity index (χ0n) is 14.9. The summed E-state index contributed by atoms with van der Waals surface area (Å²) in [4.78, 5) is 5.85. The third kappa shape index (κ3) is 3.41. The van der Waals surface area contributed by atoms with Gasteiger partial charge in [-0.25, -0.2) is 9.38 Å². The average Bonchev–Trinajstić information content (AvgIpc) is 3.18. The van der Waals surface area contributed by atoms with E-state index in [0.717, 1.165) is 11.1 Å². The molecule has 2 heterocycles. The largest absolute Gasteiger partial charge is 0.369 e. The molecule has 27 heavy (non-hydrogen) atoms. The topological polar surface area (TPSA) is 79.7 Å². The highest BCUT2D eigenvalue weighted by Gasteiger charge is 2.21. The number of benzene rings is 2. The zero-order valence-corrected chi connectivity index (χ0v) is 14.9. The highest BCUT2D eigenvalue weighted by molar-refractivity contribution is 5.94. The first-order chi connectivity index (χ1) is 13.1. The first-order valence-electron chi connectivity index (χ1n) is 8.73. The van der Waals surface area contributed by atoms with E-state index in [1.54, 1.807) is 17.0 Å². The summed E-state index contributed by atoms with van der Waals surface area (Å²) in [6.07, 6.45) is 0. The normalized spacial score (nSPS) is 15.5. The molecule has 0 spiro atoms. The van der Waals surface area contributed by atoms with Crippen LogP contribution in [0.1, 0.15) is 24.2 Å². The van der Waals surface area contributed by atoms with Crippen molar-refractivity contribution in [2.45, 2.75) is 12.8 Å². The van der Waals surface area contributed by atoms with E-state index in [-0.39, 0.29) is 11.7 Å². The van der Waals surface area contributed by atoms with E-state index < -0.39 is 0 Å². The molecule has 7 heteroatoms. The maximum atomic E-state index is 14.7. The molecule has 3 aromatic rings. The van der Waals surface area contributed by atoms with Crippen LogP contribution in [0.3, 0.4) is 0 Å². The van der Waals surface area contributed by atoms with Crippen LogP contribution in [0.25, 0.3) is 11.1 Å². The van der Waals surface area contributed by atoms with Crippen molar-refractivity contribution in [3.63, 3.8) is 0 Å². The molecule has 0 saturated heterocycles. The van der Waals surface area contributed by atoms with Gasteiger partial charge in [0.1, 0.15) is 11.6 Å². The van der Waals surface area contributed by atoms with Gasteiger partial charge in [-0.1, -0.05) is 54.5 Å². The predicted octanol–water partition coefficient (Wildman–Crippen LogP) is 3.27. The number of rotatable bonds is 4. The lowest BCUT2D eigenvalue weighted by molar-refractivity contribution is 0.376. The Bertz CT molecular complexity index is 970. The van der Waals surface area contributed by atoms with E-state index in [4.69, 9.17) is 10.3 Å². The number of aromatic nitrogens is 1. The van der Waals surface area contributed by atoms with Crippen LogP contribution in [0.5, 0.6) is 0 Å². The van der Waals surface area contributed by atoms with Crippen molar-refractivity contribution in [2.24, 2.45) is 10.7 Å². The summed E-state index contributed by atoms with van der Waals surface area (Å²) in [5.41, 5.74) is 8.14. The molecule has 138 valence electrons. The molecule has 1 aliphatic rings. The van der Waals surface area contributed by atoms with Crippen molar-refractivity contribution >= 4 is 11.8 Å². The minimum atomic E-state index is -0.262. The van der Waals surface area contributed by atoms with Gasteiger partial charge in [-0.3, -0.25) is 10.2 Å². The van der Waals surface area contributed by atoms with E-state index in [1.807, 2.05) is 49.4 Å². The van der Waals surface area contributed by atoms with Gasteiger partial charge in [-0.2, -0.15) is 0 Å². The molecule has 1 unspecified atom stereocenters. The first kappa shape index (κ1) is 17.2. The van der Waals surface area contributed by atoms with E-state index in [0.29, 0.717) is 36.4 Å². The number of guanidine groups is 1. The summed E-state index contributed by atoms with van der Waals surface area (Å²) in [6.45, 7) is 2.94. The standard InChI is InChI=1S/C20H20FN5O/c1-13(18-10-19(25-27-18)26-12-23-11-24-20(26)22)15-7-8-16(17(21)9-15)14-5-3-2-4-6-14/h2-10,13,23H,11-12H2,1H3,(H2,22,24). The number of hydrogen-bond acceptors (Lipinski definition) is 6. The van der Waals surface area contributed by atoms with Gasteiger partial charge < -0.3 is 10.3 Å². The molecule has 0 amide bonds. The Labute approximate surface area is 156 Å². The highest BCUT2D eigenvalue weighted by Crippen LogP contribution is 2.31. The molecule has 0 aliphatic carbocycles. The molecule has 6 nitrogen and oxygen atoms in total. The van der Waals surface area contributed by atoms with Crippen molar-refractivity contribution in [3.05, 3.63) is 71.7 Å². The highest BCUT2D eigenvalue weighted by atomic mass is 19.1. The first-order valence-corrected chi connectivity index (χ1v) is 8.73. The number of anilines is 1. The Morgan fingerprint density at radius 3 is 2.74 bits per heavy atom. The van der Waals surface area contributed by atoms with Crippen LogP contribution in [0.15, 0.2) is 64.1 Å². The van der Waals surface area contributed by atoms with Gasteiger partial charge in [0.2, 0.25) is 0 Å². The molecule has 1 aromatic heterocycles. The van der Waals surface area contributed by atoms with Crippen LogP contribution >= 0.6 is 0 Å². The van der Waals surface area contributed by atoms with Gasteiger partial charge in [0, 0.05) is 17.5 Å². The van der Waals surface area contributed by atoms with Gasteiger partial charge in [0.05, 0.1) is 13.3 Å². The van der Waals surface area contributed by atoms with E-state index >= 15 is 0 Å². The monoisotopic (exact) mass is 365 g/mol. The van der Waals surface area contributed by atoms with Crippen molar-refractivity contribution < 1.29 is 8.91 Å². The second kappa shape index (κ2) is 7.20. The minimum Gasteiger partial charge on any atom is -0.369 e. The molecule has 3 N–H and O–H groups in total. The molecule has 1 atom stereocenters. The summed E-state index contributed by atoms with van der Waals surface area (Å²) in [5.74, 6) is 1.19. The number of nitrogens with one attached hydrogen (secondary N) is 1. The smallest absolute Gasteiger partial charge is 0.199 e. The van der Waals surface area contributed by atoms with Crippen LogP contribution in [-0.4, -0.2) is 24.5 Å². The number of hydrogen-bond donors (Lipinski definition) is 2. The maximum absolute atomic E-state index is 14.7. The van der Waals surface area contributed by atoms with Crippen LogP contribution in [0, 0.1) is 5.82 Å². The number of nitrogens with zero attached hydrogens (tertiary/aromatic N) is 3. The fraction of sp³-hybridized carbons (Fsp3) is 0.200. The van der Waals surface area contributed by atoms with Crippen LogP contribution < -0.4 is 16.0 Å².